The van der Waals surface area contributed by atoms with Crippen molar-refractivity contribution in [2.45, 2.75) is 0 Å². The summed E-state index contributed by atoms with van der Waals surface area (Å²) in [6, 6.07) is 1.94. The summed E-state index contributed by atoms with van der Waals surface area (Å²) in [4.78, 5) is 8.11. The topological polar surface area (TPSA) is 30.7 Å². The number of fused-ring (bicyclic) bond motifs is 1. The normalized spacial score (nSPS) is 10.5. The number of aromatic nitrogens is 3. The van der Waals surface area contributed by atoms with E-state index < -0.39 is 0 Å². The summed E-state index contributed by atoms with van der Waals surface area (Å²) >= 11 is 2.19. The molecular formula is C6H4IN3. The van der Waals surface area contributed by atoms with Gasteiger partial charge in [-0.25, -0.2) is 9.97 Å². The molecular weight excluding hydrogens is 241 g/mol. The third-order valence-corrected chi connectivity index (χ3v) is 2.12. The van der Waals surface area contributed by atoms with Crippen LogP contribution in [0.15, 0.2) is 24.7 Å². The van der Waals surface area contributed by atoms with Gasteiger partial charge in [-0.15, -0.1) is 0 Å². The van der Waals surface area contributed by atoms with Crippen LogP contribution in [-0.2, 0) is 0 Å². The summed E-state index contributed by atoms with van der Waals surface area (Å²) in [5.74, 6) is 0.803. The van der Waals surface area contributed by atoms with E-state index in [0.717, 1.165) is 11.5 Å². The zero-order chi connectivity index (χ0) is 6.97. The lowest BCUT2D eigenvalue weighted by Gasteiger charge is -1.99. The molecule has 0 aromatic carbocycles. The van der Waals surface area contributed by atoms with E-state index in [1.54, 1.807) is 12.4 Å². The van der Waals surface area contributed by atoms with Crippen molar-refractivity contribution in [3.05, 3.63) is 24.7 Å². The van der Waals surface area contributed by atoms with Gasteiger partial charge in [-0.05, 0) is 6.07 Å². The van der Waals surface area contributed by atoms with Crippen molar-refractivity contribution in [2.75, 3.05) is 0 Å². The zero-order valence-electron chi connectivity index (χ0n) is 5.03. The Morgan fingerprint density at radius 1 is 1.30 bits per heavy atom. The Bertz CT molecular complexity index is 317. The maximum Gasteiger partial charge on any atom is 0.176 e. The van der Waals surface area contributed by atoms with Gasteiger partial charge >= 0.3 is 0 Å². The molecule has 2 aliphatic rings. The Morgan fingerprint density at radius 2 is 2.10 bits per heavy atom. The van der Waals surface area contributed by atoms with Crippen LogP contribution in [0.3, 0.4) is 0 Å². The van der Waals surface area contributed by atoms with Crippen molar-refractivity contribution < 1.29 is 0 Å². The molecule has 0 aromatic rings. The highest BCUT2D eigenvalue weighted by atomic mass is 127. The molecule has 2 aliphatic heterocycles. The molecule has 0 atom stereocenters. The van der Waals surface area contributed by atoms with Crippen molar-refractivity contribution in [1.29, 1.82) is 0 Å². The fourth-order valence-electron chi connectivity index (χ4n) is 0.828. The zero-order valence-corrected chi connectivity index (χ0v) is 7.19. The fraction of sp³-hybridized carbons (Fsp3) is 0. The van der Waals surface area contributed by atoms with E-state index in [1.165, 1.54) is 0 Å². The average Bonchev–Trinajstić information content (AvgIpc) is 2.36. The van der Waals surface area contributed by atoms with Crippen LogP contribution in [0, 0.1) is 0 Å². The molecule has 2 heterocycles. The van der Waals surface area contributed by atoms with Crippen LogP contribution in [0.25, 0.3) is 11.5 Å². The molecule has 0 radical (unpaired) electrons. The van der Waals surface area contributed by atoms with Gasteiger partial charge in [0.05, 0.1) is 28.6 Å². The van der Waals surface area contributed by atoms with E-state index in [2.05, 4.69) is 32.8 Å². The molecule has 2 rings (SSSR count). The summed E-state index contributed by atoms with van der Waals surface area (Å²) in [7, 11) is 0. The van der Waals surface area contributed by atoms with Crippen LogP contribution in [0.2, 0.25) is 0 Å². The van der Waals surface area contributed by atoms with E-state index in [0.29, 0.717) is 0 Å². The summed E-state index contributed by atoms with van der Waals surface area (Å²) in [6.45, 7) is 0. The van der Waals surface area contributed by atoms with E-state index >= 15 is 0 Å². The van der Waals surface area contributed by atoms with Crippen LogP contribution >= 0.6 is 22.9 Å². The minimum Gasteiger partial charge on any atom is -0.285 e. The van der Waals surface area contributed by atoms with Gasteiger partial charge in [0.2, 0.25) is 0 Å². The van der Waals surface area contributed by atoms with Crippen LogP contribution < -0.4 is 0 Å². The maximum absolute atomic E-state index is 4.07. The molecule has 0 unspecified atom stereocenters. The summed E-state index contributed by atoms with van der Waals surface area (Å²) < 4.78 is 1.97. The highest BCUT2D eigenvalue weighted by molar-refractivity contribution is 14.1. The van der Waals surface area contributed by atoms with Gasteiger partial charge in [0.15, 0.2) is 5.82 Å². The van der Waals surface area contributed by atoms with E-state index in [4.69, 9.17) is 0 Å². The van der Waals surface area contributed by atoms with Crippen molar-refractivity contribution in [3.8, 4) is 11.5 Å². The fourth-order valence-corrected chi connectivity index (χ4v) is 1.35. The molecule has 0 aliphatic carbocycles. The summed E-state index contributed by atoms with van der Waals surface area (Å²) in [5, 5.41) is 0. The predicted molar refractivity (Wildman–Crippen MR) is 46.1 cm³/mol. The number of hydrogen-bond acceptors (Lipinski definition) is 2. The molecule has 4 heteroatoms. The Kier molecular flexibility index (Phi) is 1.33. The standard InChI is InChI=1S/C6H4IN3/c7-10-4-3-9-6-5(10)1-2-8-6/h1-4H. The second-order valence-corrected chi connectivity index (χ2v) is 2.93. The molecule has 0 saturated heterocycles. The minimum atomic E-state index is 0.803. The Balaban J connectivity index is 2.80. The quantitative estimate of drug-likeness (QED) is 0.659. The van der Waals surface area contributed by atoms with Gasteiger partial charge in [-0.2, -0.15) is 0 Å². The first-order valence-electron chi connectivity index (χ1n) is 2.82. The largest absolute Gasteiger partial charge is 0.285 e. The van der Waals surface area contributed by atoms with Gasteiger partial charge in [-0.1, -0.05) is 0 Å². The first-order chi connectivity index (χ1) is 4.88. The number of nitrogens with zero attached hydrogens (tertiary/aromatic N) is 3. The van der Waals surface area contributed by atoms with Gasteiger partial charge in [-0.3, -0.25) is 2.78 Å². The predicted octanol–water partition coefficient (Wildman–Crippen LogP) is 1.58. The second kappa shape index (κ2) is 2.19. The van der Waals surface area contributed by atoms with Gasteiger partial charge in [0, 0.05) is 18.6 Å². The van der Waals surface area contributed by atoms with Gasteiger partial charge < -0.3 is 0 Å². The number of rotatable bonds is 0. The van der Waals surface area contributed by atoms with Crippen LogP contribution in [-0.4, -0.2) is 12.7 Å². The van der Waals surface area contributed by atoms with Crippen molar-refractivity contribution in [2.24, 2.45) is 0 Å². The number of hydrogen-bond donors (Lipinski definition) is 0. The highest BCUT2D eigenvalue weighted by Crippen LogP contribution is 2.17. The molecule has 0 N–H and O–H groups in total. The Hall–Kier alpha value is -0.650. The minimum absolute atomic E-state index is 0.803. The maximum atomic E-state index is 4.07. The van der Waals surface area contributed by atoms with E-state index in [-0.39, 0.29) is 0 Å². The molecule has 0 saturated carbocycles. The van der Waals surface area contributed by atoms with E-state index in [9.17, 15) is 0 Å². The SMILES string of the molecule is In1ccnc2nccc1-2. The second-order valence-electron chi connectivity index (χ2n) is 1.89. The summed E-state index contributed by atoms with van der Waals surface area (Å²) in [6.07, 6.45) is 5.39. The Labute approximate surface area is 71.9 Å². The monoisotopic (exact) mass is 245 g/mol. The average molecular weight is 245 g/mol. The van der Waals surface area contributed by atoms with E-state index in [1.807, 2.05) is 15.0 Å². The van der Waals surface area contributed by atoms with Crippen LogP contribution in [0.1, 0.15) is 0 Å². The number of halogens is 1. The molecule has 50 valence electrons. The lowest BCUT2D eigenvalue weighted by molar-refractivity contribution is 1.14. The molecule has 0 aromatic heterocycles. The molecule has 0 amide bonds. The highest BCUT2D eigenvalue weighted by Gasteiger charge is 2.05. The molecule has 10 heavy (non-hydrogen) atoms. The van der Waals surface area contributed by atoms with Crippen molar-refractivity contribution in [1.82, 2.24) is 12.7 Å². The third kappa shape index (κ3) is 0.792. The van der Waals surface area contributed by atoms with Crippen LogP contribution in [0.5, 0.6) is 0 Å². The first kappa shape index (κ1) is 6.09. The lowest BCUT2D eigenvalue weighted by atomic mass is 10.4. The third-order valence-electron chi connectivity index (χ3n) is 1.28. The summed E-state index contributed by atoms with van der Waals surface area (Å²) in [5.41, 5.74) is 1.06. The molecule has 0 spiro atoms. The van der Waals surface area contributed by atoms with Gasteiger partial charge in [0.25, 0.3) is 0 Å². The molecule has 3 nitrogen and oxygen atoms in total. The van der Waals surface area contributed by atoms with Crippen molar-refractivity contribution >= 4 is 22.9 Å². The lowest BCUT2D eigenvalue weighted by Crippen LogP contribution is -1.90. The van der Waals surface area contributed by atoms with Crippen LogP contribution in [0.4, 0.5) is 0 Å². The van der Waals surface area contributed by atoms with Crippen molar-refractivity contribution in [3.63, 3.8) is 0 Å². The smallest absolute Gasteiger partial charge is 0.176 e. The Morgan fingerprint density at radius 3 is 2.90 bits per heavy atom. The molecule has 0 fully saturated rings. The molecule has 0 bridgehead atoms. The first-order valence-corrected chi connectivity index (χ1v) is 3.78. The van der Waals surface area contributed by atoms with Gasteiger partial charge in [0.1, 0.15) is 0 Å².